The van der Waals surface area contributed by atoms with E-state index in [4.69, 9.17) is 0 Å². The molecule has 150 valence electrons. The molecule has 1 aliphatic rings. The first-order valence-electron chi connectivity index (χ1n) is 9.29. The number of carbonyl (C=O) groups is 3. The van der Waals surface area contributed by atoms with Crippen LogP contribution in [-0.4, -0.2) is 74.8 Å². The van der Waals surface area contributed by atoms with Crippen LogP contribution < -0.4 is 15.5 Å². The van der Waals surface area contributed by atoms with Gasteiger partial charge in [0.1, 0.15) is 12.3 Å². The van der Waals surface area contributed by atoms with Gasteiger partial charge in [0.2, 0.25) is 12.3 Å². The van der Waals surface area contributed by atoms with E-state index in [1.54, 1.807) is 0 Å². The molecule has 2 heterocycles. The van der Waals surface area contributed by atoms with Crippen molar-refractivity contribution in [2.75, 3.05) is 45.2 Å². The summed E-state index contributed by atoms with van der Waals surface area (Å²) in [5, 5.41) is 5.78. The molecule has 0 bridgehead atoms. The van der Waals surface area contributed by atoms with Crippen LogP contribution in [0.1, 0.15) is 25.3 Å². The monoisotopic (exact) mass is 377 g/mol. The zero-order valence-corrected chi connectivity index (χ0v) is 16.5. The third kappa shape index (κ3) is 7.74. The van der Waals surface area contributed by atoms with Crippen LogP contribution in [0, 0.1) is 0 Å². The number of nitrogens with one attached hydrogen (secondary N) is 2. The predicted molar refractivity (Wildman–Crippen MR) is 106 cm³/mol. The second-order valence-corrected chi connectivity index (χ2v) is 6.29. The Labute approximate surface area is 161 Å². The Balaban J connectivity index is 0.000000271. The molecular formula is C19H31N5O3. The molecule has 1 fully saturated rings. The fraction of sp³-hybridized carbons (Fsp3) is 0.579. The number of amides is 2. The van der Waals surface area contributed by atoms with Crippen molar-refractivity contribution >= 4 is 24.3 Å². The molecule has 1 aliphatic heterocycles. The third-order valence-electron chi connectivity index (χ3n) is 4.44. The number of aldehydes is 1. The molecule has 1 aromatic heterocycles. The zero-order chi connectivity index (χ0) is 20.1. The van der Waals surface area contributed by atoms with Crippen molar-refractivity contribution in [2.24, 2.45) is 0 Å². The average molecular weight is 377 g/mol. The van der Waals surface area contributed by atoms with Gasteiger partial charge in [-0.05, 0) is 24.5 Å². The van der Waals surface area contributed by atoms with Crippen LogP contribution in [0.3, 0.4) is 0 Å². The van der Waals surface area contributed by atoms with E-state index in [-0.39, 0.29) is 12.3 Å². The minimum atomic E-state index is -0.548. The maximum Gasteiger partial charge on any atom is 0.242 e. The molecule has 0 saturated carbocycles. The number of rotatable bonds is 8. The summed E-state index contributed by atoms with van der Waals surface area (Å²) in [6.45, 7) is 6.51. The van der Waals surface area contributed by atoms with E-state index in [0.717, 1.165) is 38.9 Å². The lowest BCUT2D eigenvalue weighted by molar-refractivity contribution is -0.131. The number of carbonyl (C=O) groups excluding carboxylic acids is 3. The maximum atomic E-state index is 11.2. The van der Waals surface area contributed by atoms with Gasteiger partial charge in [-0.3, -0.25) is 14.6 Å². The Morgan fingerprint density at radius 1 is 1.37 bits per heavy atom. The second kappa shape index (κ2) is 12.8. The highest BCUT2D eigenvalue weighted by molar-refractivity contribution is 5.83. The number of nitrogens with zero attached hydrogens (tertiary/aromatic N) is 3. The largest absolute Gasteiger partial charge is 0.368 e. The van der Waals surface area contributed by atoms with E-state index in [2.05, 4.69) is 33.5 Å². The Hall–Kier alpha value is -2.48. The van der Waals surface area contributed by atoms with E-state index in [1.165, 1.54) is 30.2 Å². The molecule has 8 nitrogen and oxygen atoms in total. The summed E-state index contributed by atoms with van der Waals surface area (Å²) in [6, 6.07) is 1.70. The van der Waals surface area contributed by atoms with Crippen molar-refractivity contribution in [3.05, 3.63) is 24.0 Å². The summed E-state index contributed by atoms with van der Waals surface area (Å²) in [5.74, 6) is -0.253. The number of likely N-dealkylation sites (N-methyl/N-ethyl adjacent to an activating group) is 2. The number of pyridine rings is 1. The van der Waals surface area contributed by atoms with Crippen LogP contribution in [0.4, 0.5) is 5.69 Å². The van der Waals surface area contributed by atoms with E-state index in [1.807, 2.05) is 12.4 Å². The minimum Gasteiger partial charge on any atom is -0.368 e. The lowest BCUT2D eigenvalue weighted by Crippen LogP contribution is -2.43. The van der Waals surface area contributed by atoms with Crippen molar-refractivity contribution in [3.8, 4) is 0 Å². The Kier molecular flexibility index (Phi) is 10.7. The third-order valence-corrected chi connectivity index (χ3v) is 4.44. The highest BCUT2D eigenvalue weighted by Crippen LogP contribution is 2.15. The highest BCUT2D eigenvalue weighted by Gasteiger charge is 2.20. The molecule has 1 aromatic rings. The van der Waals surface area contributed by atoms with Gasteiger partial charge in [-0.2, -0.15) is 0 Å². The van der Waals surface area contributed by atoms with Gasteiger partial charge in [-0.15, -0.1) is 0 Å². The second-order valence-electron chi connectivity index (χ2n) is 6.29. The summed E-state index contributed by atoms with van der Waals surface area (Å²) < 4.78 is 0. The Bertz CT molecular complexity index is 590. The van der Waals surface area contributed by atoms with Gasteiger partial charge in [-0.25, -0.2) is 0 Å². The number of hydrogen-bond acceptors (Lipinski definition) is 6. The first kappa shape index (κ1) is 22.6. The molecule has 1 unspecified atom stereocenters. The molecule has 0 aliphatic carbocycles. The molecular weight excluding hydrogens is 346 g/mol. The van der Waals surface area contributed by atoms with Crippen LogP contribution in [-0.2, 0) is 20.8 Å². The molecule has 1 saturated heterocycles. The predicted octanol–water partition coefficient (Wildman–Crippen LogP) is 0.222. The summed E-state index contributed by atoms with van der Waals surface area (Å²) in [6.07, 6.45) is 6.91. The lowest BCUT2D eigenvalue weighted by atomic mass is 10.1. The van der Waals surface area contributed by atoms with Crippen LogP contribution in [0.15, 0.2) is 18.5 Å². The van der Waals surface area contributed by atoms with E-state index < -0.39 is 6.04 Å². The van der Waals surface area contributed by atoms with Gasteiger partial charge < -0.3 is 25.2 Å². The van der Waals surface area contributed by atoms with Gasteiger partial charge in [-0.1, -0.05) is 6.92 Å². The molecule has 8 heteroatoms. The molecule has 2 N–H and O–H groups in total. The van der Waals surface area contributed by atoms with Gasteiger partial charge in [0.15, 0.2) is 0 Å². The van der Waals surface area contributed by atoms with Gasteiger partial charge in [0.25, 0.3) is 0 Å². The van der Waals surface area contributed by atoms with Gasteiger partial charge >= 0.3 is 0 Å². The minimum absolute atomic E-state index is 0.253. The maximum absolute atomic E-state index is 11.2. The number of piperazine rings is 1. The van der Waals surface area contributed by atoms with E-state index >= 15 is 0 Å². The number of aryl methyl sites for hydroxylation is 1. The summed E-state index contributed by atoms with van der Waals surface area (Å²) in [7, 11) is 3.01. The van der Waals surface area contributed by atoms with Crippen molar-refractivity contribution < 1.29 is 14.4 Å². The smallest absolute Gasteiger partial charge is 0.242 e. The zero-order valence-electron chi connectivity index (χ0n) is 16.5. The Morgan fingerprint density at radius 3 is 2.63 bits per heavy atom. The Morgan fingerprint density at radius 2 is 2.07 bits per heavy atom. The molecule has 2 rings (SSSR count). The normalized spacial score (nSPS) is 14.4. The molecule has 0 spiro atoms. The van der Waals surface area contributed by atoms with Crippen molar-refractivity contribution in [3.63, 3.8) is 0 Å². The molecule has 27 heavy (non-hydrogen) atoms. The fourth-order valence-corrected chi connectivity index (χ4v) is 2.75. The average Bonchev–Trinajstić information content (AvgIpc) is 2.74. The topological polar surface area (TPSA) is 94.6 Å². The summed E-state index contributed by atoms with van der Waals surface area (Å²) in [5.41, 5.74) is 2.59. The van der Waals surface area contributed by atoms with E-state index in [0.29, 0.717) is 12.8 Å². The van der Waals surface area contributed by atoms with Crippen LogP contribution in [0.5, 0.6) is 0 Å². The van der Waals surface area contributed by atoms with Gasteiger partial charge in [0.05, 0.1) is 11.9 Å². The first-order chi connectivity index (χ1) is 13.1. The molecule has 0 aromatic carbocycles. The quantitative estimate of drug-likeness (QED) is 0.630. The van der Waals surface area contributed by atoms with Crippen molar-refractivity contribution in [1.29, 1.82) is 0 Å². The van der Waals surface area contributed by atoms with Gasteiger partial charge in [0, 0.05) is 52.9 Å². The van der Waals surface area contributed by atoms with Crippen molar-refractivity contribution in [1.82, 2.24) is 20.5 Å². The highest BCUT2D eigenvalue weighted by atomic mass is 16.2. The fourth-order valence-electron chi connectivity index (χ4n) is 2.75. The molecule has 2 amide bonds. The van der Waals surface area contributed by atoms with Crippen LogP contribution >= 0.6 is 0 Å². The molecule has 0 radical (unpaired) electrons. The number of aromatic nitrogens is 1. The number of anilines is 1. The summed E-state index contributed by atoms with van der Waals surface area (Å²) >= 11 is 0. The van der Waals surface area contributed by atoms with Crippen LogP contribution in [0.2, 0.25) is 0 Å². The lowest BCUT2D eigenvalue weighted by Gasteiger charge is -2.29. The summed E-state index contributed by atoms with van der Waals surface area (Å²) in [4.78, 5) is 39.6. The van der Waals surface area contributed by atoms with Crippen LogP contribution in [0.25, 0.3) is 0 Å². The number of hydrogen-bond donors (Lipinski definition) is 2. The van der Waals surface area contributed by atoms with Crippen molar-refractivity contribution in [2.45, 2.75) is 32.2 Å². The van der Waals surface area contributed by atoms with E-state index in [9.17, 15) is 14.4 Å². The first-order valence-corrected chi connectivity index (χ1v) is 9.29. The standard InChI is InChI=1S/C11H17N3.C8H14N2O3/c1-2-10-7-11(9-13-8-10)14-5-3-12-4-6-14;1-9-8(13)7(4-3-5-11)10(2)6-12/h7-9,12H,2-6H2,1H3;5-7H,3-4H2,1-2H3,(H,9,13). The molecule has 1 atom stereocenters. The SMILES string of the molecule is CCc1cncc(N2CCNCC2)c1.CNC(=O)C(CCC=O)N(C)C=O.